The van der Waals surface area contributed by atoms with Crippen molar-refractivity contribution in [1.82, 2.24) is 10.3 Å². The minimum Gasteiger partial charge on any atom is -0.336 e. The fraction of sp³-hybridized carbons (Fsp3) is 0.176. The van der Waals surface area contributed by atoms with Crippen LogP contribution in [0.4, 0.5) is 0 Å². The number of hydrogen-bond donors (Lipinski definition) is 2. The summed E-state index contributed by atoms with van der Waals surface area (Å²) in [5, 5.41) is 3.62. The average Bonchev–Trinajstić information content (AvgIpc) is 3.26. The second-order valence-corrected chi connectivity index (χ2v) is 6.02. The van der Waals surface area contributed by atoms with Gasteiger partial charge in [-0.3, -0.25) is 4.79 Å². The number of carbonyl (C=O) groups is 1. The van der Waals surface area contributed by atoms with Gasteiger partial charge in [-0.15, -0.1) is 0 Å². The van der Waals surface area contributed by atoms with Crippen LogP contribution < -0.4 is 9.72 Å². The van der Waals surface area contributed by atoms with Gasteiger partial charge < -0.3 is 5.32 Å². The van der Waals surface area contributed by atoms with E-state index in [1.165, 1.54) is 0 Å². The number of H-pyrrole nitrogens is 1. The molecule has 1 fully saturated rings. The second kappa shape index (κ2) is 4.85. The highest BCUT2D eigenvalue weighted by Gasteiger charge is 2.47. The number of pyridine rings is 1. The molecule has 4 rings (SSSR count). The predicted molar refractivity (Wildman–Crippen MR) is 83.8 cm³/mol. The lowest BCUT2D eigenvalue weighted by Crippen LogP contribution is -2.40. The van der Waals surface area contributed by atoms with Crippen molar-refractivity contribution in [3.05, 3.63) is 71.3 Å². The maximum atomic E-state index is 12.7. The van der Waals surface area contributed by atoms with E-state index in [4.69, 9.17) is 11.6 Å². The molecule has 110 valence electrons. The smallest absolute Gasteiger partial charge is 0.336 e. The van der Waals surface area contributed by atoms with Crippen LogP contribution in [0.1, 0.15) is 29.0 Å². The number of fused-ring (bicyclic) bond motifs is 1. The van der Waals surface area contributed by atoms with E-state index in [9.17, 15) is 4.79 Å². The highest BCUT2D eigenvalue weighted by molar-refractivity contribution is 6.32. The first-order valence-electron chi connectivity index (χ1n) is 7.25. The zero-order valence-corrected chi connectivity index (χ0v) is 12.6. The SMILES string of the molecule is O=C(NC1(c2ccccc2)CC1)c1[nH]c(Cl)c2cccc[n+]12. The first-order valence-corrected chi connectivity index (χ1v) is 7.63. The van der Waals surface area contributed by atoms with E-state index in [-0.39, 0.29) is 11.4 Å². The van der Waals surface area contributed by atoms with Crippen LogP contribution in [0.15, 0.2) is 54.7 Å². The van der Waals surface area contributed by atoms with Gasteiger partial charge in [-0.05, 0) is 42.1 Å². The molecular weight excluding hydrogens is 298 g/mol. The Bertz CT molecular complexity index is 853. The molecule has 0 unspecified atom stereocenters. The molecule has 0 radical (unpaired) electrons. The van der Waals surface area contributed by atoms with Crippen LogP contribution in [0.25, 0.3) is 5.52 Å². The van der Waals surface area contributed by atoms with Crippen molar-refractivity contribution >= 4 is 23.0 Å². The molecule has 0 aliphatic heterocycles. The van der Waals surface area contributed by atoms with Gasteiger partial charge in [-0.25, -0.2) is 4.98 Å². The summed E-state index contributed by atoms with van der Waals surface area (Å²) in [5.41, 5.74) is 1.70. The van der Waals surface area contributed by atoms with E-state index >= 15 is 0 Å². The summed E-state index contributed by atoms with van der Waals surface area (Å²) in [4.78, 5) is 15.6. The van der Waals surface area contributed by atoms with Crippen molar-refractivity contribution in [3.8, 4) is 0 Å². The van der Waals surface area contributed by atoms with Gasteiger partial charge in [-0.1, -0.05) is 36.4 Å². The monoisotopic (exact) mass is 312 g/mol. The molecule has 1 aliphatic rings. The second-order valence-electron chi connectivity index (χ2n) is 5.65. The summed E-state index contributed by atoms with van der Waals surface area (Å²) in [7, 11) is 0. The molecule has 5 heteroatoms. The van der Waals surface area contributed by atoms with E-state index in [2.05, 4.69) is 22.4 Å². The first kappa shape index (κ1) is 13.3. The third kappa shape index (κ3) is 2.07. The number of aromatic amines is 1. The van der Waals surface area contributed by atoms with Crippen molar-refractivity contribution in [2.45, 2.75) is 18.4 Å². The lowest BCUT2D eigenvalue weighted by Gasteiger charge is -2.16. The molecule has 1 amide bonds. The Morgan fingerprint density at radius 1 is 1.14 bits per heavy atom. The number of halogens is 1. The van der Waals surface area contributed by atoms with E-state index in [0.717, 1.165) is 23.9 Å². The Kier molecular flexibility index (Phi) is 2.94. The van der Waals surface area contributed by atoms with Gasteiger partial charge in [0, 0.05) is 0 Å². The van der Waals surface area contributed by atoms with E-state index in [0.29, 0.717) is 11.0 Å². The number of carbonyl (C=O) groups excluding carboxylic acids is 1. The molecule has 1 aliphatic carbocycles. The Hall–Kier alpha value is -2.33. The fourth-order valence-electron chi connectivity index (χ4n) is 2.86. The molecule has 3 aromatic rings. The molecule has 2 N–H and O–H groups in total. The maximum absolute atomic E-state index is 12.7. The Morgan fingerprint density at radius 3 is 2.59 bits per heavy atom. The van der Waals surface area contributed by atoms with Gasteiger partial charge in [0.1, 0.15) is 0 Å². The molecular formula is C17H15ClN3O+. The number of hydrogen-bond acceptors (Lipinski definition) is 1. The fourth-order valence-corrected chi connectivity index (χ4v) is 3.10. The summed E-state index contributed by atoms with van der Waals surface area (Å²) in [5.74, 6) is 0.303. The van der Waals surface area contributed by atoms with E-state index in [1.807, 2.05) is 42.6 Å². The van der Waals surface area contributed by atoms with Gasteiger partial charge in [0.15, 0.2) is 5.52 Å². The summed E-state index contributed by atoms with van der Waals surface area (Å²) in [6, 6.07) is 15.7. The molecule has 1 saturated carbocycles. The third-order valence-corrected chi connectivity index (χ3v) is 4.49. The van der Waals surface area contributed by atoms with Crippen molar-refractivity contribution in [1.29, 1.82) is 0 Å². The van der Waals surface area contributed by atoms with Crippen LogP contribution in [0.3, 0.4) is 0 Å². The number of nitrogens with zero attached hydrogens (tertiary/aromatic N) is 1. The molecule has 22 heavy (non-hydrogen) atoms. The lowest BCUT2D eigenvalue weighted by molar-refractivity contribution is -0.514. The number of amides is 1. The van der Waals surface area contributed by atoms with Crippen LogP contribution in [0.5, 0.6) is 0 Å². The summed E-state index contributed by atoms with van der Waals surface area (Å²) >= 11 is 6.17. The van der Waals surface area contributed by atoms with Crippen LogP contribution >= 0.6 is 11.6 Å². The summed E-state index contributed by atoms with van der Waals surface area (Å²) in [6.07, 6.45) is 3.74. The maximum Gasteiger partial charge on any atom is 0.352 e. The lowest BCUT2D eigenvalue weighted by atomic mass is 10.1. The quantitative estimate of drug-likeness (QED) is 0.718. The molecule has 0 bridgehead atoms. The normalized spacial score (nSPS) is 15.7. The van der Waals surface area contributed by atoms with Gasteiger partial charge in [0.25, 0.3) is 0 Å². The molecule has 2 aromatic heterocycles. The molecule has 2 heterocycles. The number of aromatic nitrogens is 2. The highest BCUT2D eigenvalue weighted by Crippen LogP contribution is 2.45. The van der Waals surface area contributed by atoms with E-state index < -0.39 is 0 Å². The Labute approximate surface area is 132 Å². The van der Waals surface area contributed by atoms with Crippen molar-refractivity contribution in [2.75, 3.05) is 0 Å². The highest BCUT2D eigenvalue weighted by atomic mass is 35.5. The molecule has 0 atom stereocenters. The number of rotatable bonds is 3. The van der Waals surface area contributed by atoms with Crippen molar-refractivity contribution in [2.24, 2.45) is 0 Å². The van der Waals surface area contributed by atoms with Gasteiger partial charge in [0.05, 0.1) is 11.7 Å². The predicted octanol–water partition coefficient (Wildman–Crippen LogP) is 2.83. The number of benzene rings is 1. The molecule has 4 nitrogen and oxygen atoms in total. The summed E-state index contributed by atoms with van der Waals surface area (Å²) < 4.78 is 1.78. The Morgan fingerprint density at radius 2 is 1.86 bits per heavy atom. The zero-order chi connectivity index (χ0) is 15.2. The van der Waals surface area contributed by atoms with Gasteiger partial charge >= 0.3 is 11.7 Å². The first-order chi connectivity index (χ1) is 10.7. The van der Waals surface area contributed by atoms with Gasteiger partial charge in [0.2, 0.25) is 5.15 Å². The van der Waals surface area contributed by atoms with Gasteiger partial charge in [-0.2, -0.15) is 4.40 Å². The Balaban J connectivity index is 1.68. The van der Waals surface area contributed by atoms with Crippen LogP contribution in [0.2, 0.25) is 5.15 Å². The number of imidazole rings is 1. The molecule has 0 saturated heterocycles. The van der Waals surface area contributed by atoms with Crippen LogP contribution in [-0.2, 0) is 5.54 Å². The number of nitrogens with one attached hydrogen (secondary N) is 2. The van der Waals surface area contributed by atoms with Crippen molar-refractivity contribution in [3.63, 3.8) is 0 Å². The average molecular weight is 313 g/mol. The van der Waals surface area contributed by atoms with Crippen molar-refractivity contribution < 1.29 is 9.20 Å². The minimum atomic E-state index is -0.238. The zero-order valence-electron chi connectivity index (χ0n) is 11.8. The summed E-state index contributed by atoms with van der Waals surface area (Å²) in [6.45, 7) is 0. The molecule has 0 spiro atoms. The minimum absolute atomic E-state index is 0.144. The molecule has 1 aromatic carbocycles. The largest absolute Gasteiger partial charge is 0.352 e. The van der Waals surface area contributed by atoms with Crippen LogP contribution in [0, 0.1) is 0 Å². The van der Waals surface area contributed by atoms with E-state index in [1.54, 1.807) is 4.40 Å². The third-order valence-electron chi connectivity index (χ3n) is 4.20. The topological polar surface area (TPSA) is 49.0 Å². The van der Waals surface area contributed by atoms with Crippen LogP contribution in [-0.4, -0.2) is 10.9 Å². The standard InChI is InChI=1S/C17H14ClN3O/c18-14-13-8-4-5-11-21(13)15(19-14)16(22)20-17(9-10-17)12-6-2-1-3-7-12/h1-8,11H,9-10H2,(H,20,22)/p+1.